The van der Waals surface area contributed by atoms with Crippen molar-refractivity contribution in [3.8, 4) is 0 Å². The fraction of sp³-hybridized carbons (Fsp3) is 0.438. The number of unbranched alkanes of at least 4 members (excludes halogenated alkanes) is 1. The molecule has 0 saturated carbocycles. The Morgan fingerprint density at radius 2 is 1.92 bits per heavy atom. The molecule has 0 spiro atoms. The summed E-state index contributed by atoms with van der Waals surface area (Å²) in [4.78, 5) is 12.3. The van der Waals surface area contributed by atoms with Gasteiger partial charge in [-0.2, -0.15) is 0 Å². The third kappa shape index (κ3) is 5.29. The Balaban J connectivity index is 1.92. The molecule has 2 rings (SSSR count). The van der Waals surface area contributed by atoms with E-state index in [9.17, 15) is 13.2 Å². The van der Waals surface area contributed by atoms with Crippen LogP contribution in [0.1, 0.15) is 36.0 Å². The maximum Gasteiger partial charge on any atom is 0.276 e. The van der Waals surface area contributed by atoms with Crippen LogP contribution >= 0.6 is 11.8 Å². The third-order valence-corrected chi connectivity index (χ3v) is 6.20. The Hall–Kier alpha value is -1.91. The van der Waals surface area contributed by atoms with Crippen LogP contribution in [0, 0.1) is 0 Å². The van der Waals surface area contributed by atoms with Crippen molar-refractivity contribution >= 4 is 27.7 Å². The first-order valence-electron chi connectivity index (χ1n) is 8.10. The predicted octanol–water partition coefficient (Wildman–Crippen LogP) is 2.14. The lowest BCUT2D eigenvalue weighted by molar-refractivity contribution is 0.0946. The molecular weight excluding hydrogens is 376 g/mol. The molecule has 0 fully saturated rings. The van der Waals surface area contributed by atoms with Gasteiger partial charge in [-0.05, 0) is 30.7 Å². The summed E-state index contributed by atoms with van der Waals surface area (Å²) in [6.45, 7) is 2.22. The minimum Gasteiger partial charge on any atom is -0.414 e. The maximum atomic E-state index is 12.2. The molecule has 1 heterocycles. The van der Waals surface area contributed by atoms with E-state index >= 15 is 0 Å². The molecule has 0 aliphatic carbocycles. The van der Waals surface area contributed by atoms with Crippen LogP contribution < -0.4 is 5.32 Å². The summed E-state index contributed by atoms with van der Waals surface area (Å²) >= 11 is 1.49. The highest BCUT2D eigenvalue weighted by Crippen LogP contribution is 2.17. The quantitative estimate of drug-likeness (QED) is 0.509. The third-order valence-electron chi connectivity index (χ3n) is 3.47. The summed E-state index contributed by atoms with van der Waals surface area (Å²) in [5, 5.41) is 11.0. The second-order valence-corrected chi connectivity index (χ2v) is 8.86. The molecule has 26 heavy (non-hydrogen) atoms. The number of amides is 1. The van der Waals surface area contributed by atoms with Crippen molar-refractivity contribution in [2.45, 2.75) is 36.4 Å². The molecule has 1 N–H and O–H groups in total. The fourth-order valence-corrected chi connectivity index (χ4v) is 3.68. The second-order valence-electron chi connectivity index (χ2n) is 5.66. The maximum absolute atomic E-state index is 12.2. The zero-order chi connectivity index (χ0) is 19.2. The Bertz CT molecular complexity index is 832. The SMILES string of the molecule is CCCCSc1nnc(CNC(=O)c2ccc(S(=O)(=O)N(C)C)cc2)o1. The van der Waals surface area contributed by atoms with E-state index < -0.39 is 10.0 Å². The number of benzene rings is 1. The van der Waals surface area contributed by atoms with E-state index in [0.29, 0.717) is 16.7 Å². The second kappa shape index (κ2) is 9.15. The standard InChI is InChI=1S/C16H22N4O4S2/c1-4-5-10-25-16-19-18-14(24-16)11-17-15(21)12-6-8-13(9-7-12)26(22,23)20(2)3/h6-9H,4-5,10-11H2,1-3H3,(H,17,21). The van der Waals surface area contributed by atoms with Gasteiger partial charge in [0.15, 0.2) is 0 Å². The van der Waals surface area contributed by atoms with Crippen molar-refractivity contribution in [1.82, 2.24) is 19.8 Å². The van der Waals surface area contributed by atoms with Crippen LogP contribution in [-0.4, -0.2) is 48.7 Å². The zero-order valence-electron chi connectivity index (χ0n) is 14.9. The van der Waals surface area contributed by atoms with Gasteiger partial charge in [0.05, 0.1) is 11.4 Å². The number of hydrogen-bond donors (Lipinski definition) is 1. The number of aromatic nitrogens is 2. The molecule has 142 valence electrons. The predicted molar refractivity (Wildman–Crippen MR) is 98.4 cm³/mol. The van der Waals surface area contributed by atoms with Gasteiger partial charge in [0.1, 0.15) is 0 Å². The van der Waals surface area contributed by atoms with Crippen molar-refractivity contribution in [3.63, 3.8) is 0 Å². The minimum atomic E-state index is -3.52. The van der Waals surface area contributed by atoms with Gasteiger partial charge in [0.25, 0.3) is 11.1 Å². The van der Waals surface area contributed by atoms with Crippen LogP contribution in [0.2, 0.25) is 0 Å². The van der Waals surface area contributed by atoms with E-state index in [2.05, 4.69) is 22.4 Å². The number of carbonyl (C=O) groups is 1. The summed E-state index contributed by atoms with van der Waals surface area (Å²) in [6, 6.07) is 5.73. The highest BCUT2D eigenvalue weighted by Gasteiger charge is 2.17. The molecule has 10 heteroatoms. The van der Waals surface area contributed by atoms with Crippen LogP contribution in [0.4, 0.5) is 0 Å². The smallest absolute Gasteiger partial charge is 0.276 e. The zero-order valence-corrected chi connectivity index (χ0v) is 16.6. The van der Waals surface area contributed by atoms with Gasteiger partial charge >= 0.3 is 0 Å². The largest absolute Gasteiger partial charge is 0.414 e. The van der Waals surface area contributed by atoms with Gasteiger partial charge in [0, 0.05) is 25.4 Å². The molecule has 0 unspecified atom stereocenters. The number of nitrogens with one attached hydrogen (secondary N) is 1. The lowest BCUT2D eigenvalue weighted by atomic mass is 10.2. The van der Waals surface area contributed by atoms with E-state index in [1.54, 1.807) is 0 Å². The van der Waals surface area contributed by atoms with Crippen molar-refractivity contribution in [3.05, 3.63) is 35.7 Å². The molecule has 0 bridgehead atoms. The van der Waals surface area contributed by atoms with Crippen LogP contribution in [0.15, 0.2) is 38.8 Å². The van der Waals surface area contributed by atoms with E-state index in [1.807, 2.05) is 0 Å². The van der Waals surface area contributed by atoms with E-state index in [-0.39, 0.29) is 17.3 Å². The highest BCUT2D eigenvalue weighted by molar-refractivity contribution is 7.99. The Labute approximate surface area is 157 Å². The number of sulfonamides is 1. The summed E-state index contributed by atoms with van der Waals surface area (Å²) < 4.78 is 30.6. The molecule has 0 radical (unpaired) electrons. The molecule has 0 atom stereocenters. The number of hydrogen-bond acceptors (Lipinski definition) is 7. The molecule has 1 amide bonds. The summed E-state index contributed by atoms with van der Waals surface area (Å²) in [7, 11) is -0.609. The van der Waals surface area contributed by atoms with Crippen molar-refractivity contribution in [1.29, 1.82) is 0 Å². The van der Waals surface area contributed by atoms with Gasteiger partial charge in [-0.25, -0.2) is 12.7 Å². The van der Waals surface area contributed by atoms with E-state index in [1.165, 1.54) is 50.1 Å². The van der Waals surface area contributed by atoms with Crippen molar-refractivity contribution in [2.75, 3.05) is 19.8 Å². The topological polar surface area (TPSA) is 105 Å². The number of rotatable bonds is 9. The van der Waals surface area contributed by atoms with Gasteiger partial charge in [-0.3, -0.25) is 4.79 Å². The lowest BCUT2D eigenvalue weighted by Gasteiger charge is -2.11. The van der Waals surface area contributed by atoms with Gasteiger partial charge < -0.3 is 9.73 Å². The Morgan fingerprint density at radius 3 is 2.54 bits per heavy atom. The van der Waals surface area contributed by atoms with Gasteiger partial charge in [-0.1, -0.05) is 25.1 Å². The van der Waals surface area contributed by atoms with Gasteiger partial charge in [-0.15, -0.1) is 10.2 Å². The Morgan fingerprint density at radius 1 is 1.23 bits per heavy atom. The number of carbonyl (C=O) groups excluding carboxylic acids is 1. The van der Waals surface area contributed by atoms with Gasteiger partial charge in [0.2, 0.25) is 15.9 Å². The lowest BCUT2D eigenvalue weighted by Crippen LogP contribution is -2.24. The molecule has 0 saturated heterocycles. The molecule has 2 aromatic rings. The van der Waals surface area contributed by atoms with Crippen LogP contribution in [0.25, 0.3) is 0 Å². The molecule has 8 nitrogen and oxygen atoms in total. The molecule has 0 aliphatic heterocycles. The summed E-state index contributed by atoms with van der Waals surface area (Å²) in [6.07, 6.45) is 2.16. The van der Waals surface area contributed by atoms with Crippen molar-refractivity contribution in [2.24, 2.45) is 0 Å². The number of nitrogens with zero attached hydrogens (tertiary/aromatic N) is 3. The normalized spacial score (nSPS) is 11.7. The van der Waals surface area contributed by atoms with E-state index in [4.69, 9.17) is 4.42 Å². The molecular formula is C16H22N4O4S2. The first kappa shape index (κ1) is 20.4. The minimum absolute atomic E-state index is 0.109. The number of thioether (sulfide) groups is 1. The highest BCUT2D eigenvalue weighted by atomic mass is 32.2. The summed E-state index contributed by atoms with van der Waals surface area (Å²) in [5.41, 5.74) is 0.347. The molecule has 1 aromatic carbocycles. The molecule has 1 aromatic heterocycles. The first-order chi connectivity index (χ1) is 12.3. The first-order valence-corrected chi connectivity index (χ1v) is 10.5. The van der Waals surface area contributed by atoms with Crippen molar-refractivity contribution < 1.29 is 17.6 Å². The van der Waals surface area contributed by atoms with Crippen LogP contribution in [0.3, 0.4) is 0 Å². The van der Waals surface area contributed by atoms with Crippen LogP contribution in [0.5, 0.6) is 0 Å². The molecule has 0 aliphatic rings. The summed E-state index contributed by atoms with van der Waals surface area (Å²) in [5.74, 6) is 0.883. The average Bonchev–Trinajstić information content (AvgIpc) is 3.07. The average molecular weight is 399 g/mol. The monoisotopic (exact) mass is 398 g/mol. The van der Waals surface area contributed by atoms with Crippen LogP contribution in [-0.2, 0) is 16.6 Å². The fourth-order valence-electron chi connectivity index (χ4n) is 1.92. The Kier molecular flexibility index (Phi) is 7.18. The van der Waals surface area contributed by atoms with E-state index in [0.717, 1.165) is 22.9 Å².